The fraction of sp³-hybridized carbons (Fsp3) is 0.889. The van der Waals surface area contributed by atoms with Gasteiger partial charge >= 0.3 is 0 Å². The molecule has 0 aromatic carbocycles. The lowest BCUT2D eigenvalue weighted by atomic mass is 9.81. The van der Waals surface area contributed by atoms with E-state index in [1.165, 1.54) is 32.1 Å². The van der Waals surface area contributed by atoms with Crippen LogP contribution in [0.4, 0.5) is 0 Å². The zero-order valence-corrected chi connectivity index (χ0v) is 7.73. The molecule has 1 fully saturated rings. The molecular formula is C9H15ClO. The Bertz CT molecular complexity index is 138. The summed E-state index contributed by atoms with van der Waals surface area (Å²) >= 11 is 5.42. The summed E-state index contributed by atoms with van der Waals surface area (Å²) in [6.07, 6.45) is 6.28. The van der Waals surface area contributed by atoms with Crippen LogP contribution in [0.5, 0.6) is 0 Å². The predicted molar refractivity (Wildman–Crippen MR) is 46.6 cm³/mol. The van der Waals surface area contributed by atoms with E-state index in [1.807, 2.05) is 6.92 Å². The minimum Gasteiger partial charge on any atom is -0.281 e. The fourth-order valence-electron chi connectivity index (χ4n) is 1.82. The summed E-state index contributed by atoms with van der Waals surface area (Å²) in [5, 5.41) is -0.156. The molecule has 0 aliphatic heterocycles. The quantitative estimate of drug-likeness (QED) is 0.589. The molecule has 0 heterocycles. The lowest BCUT2D eigenvalue weighted by Gasteiger charge is -2.24. The van der Waals surface area contributed by atoms with E-state index in [0.29, 0.717) is 5.92 Å². The van der Waals surface area contributed by atoms with E-state index in [2.05, 4.69) is 0 Å². The average molecular weight is 175 g/mol. The first-order valence-corrected chi connectivity index (χ1v) is 4.79. The van der Waals surface area contributed by atoms with Crippen molar-refractivity contribution in [2.24, 2.45) is 11.8 Å². The summed E-state index contributed by atoms with van der Waals surface area (Å²) in [4.78, 5) is 10.8. The first kappa shape index (κ1) is 9.05. The van der Waals surface area contributed by atoms with Crippen LogP contribution in [0.3, 0.4) is 0 Å². The highest BCUT2D eigenvalue weighted by atomic mass is 35.5. The maximum Gasteiger partial charge on any atom is 0.224 e. The third kappa shape index (κ3) is 2.48. The number of carbonyl (C=O) groups is 1. The molecule has 1 atom stereocenters. The molecule has 0 aromatic rings. The monoisotopic (exact) mass is 174 g/mol. The lowest BCUT2D eigenvalue weighted by Crippen LogP contribution is -2.19. The number of hydrogen-bond acceptors (Lipinski definition) is 1. The van der Waals surface area contributed by atoms with Gasteiger partial charge in [-0.2, -0.15) is 0 Å². The molecule has 0 N–H and O–H groups in total. The number of halogens is 1. The van der Waals surface area contributed by atoms with Gasteiger partial charge in [-0.15, -0.1) is 0 Å². The summed E-state index contributed by atoms with van der Waals surface area (Å²) in [5.74, 6) is 0.644. The molecule has 0 amide bonds. The number of hydrogen-bond donors (Lipinski definition) is 0. The Morgan fingerprint density at radius 1 is 1.36 bits per heavy atom. The molecule has 1 rings (SSSR count). The van der Waals surface area contributed by atoms with Crippen molar-refractivity contribution in [3.63, 3.8) is 0 Å². The van der Waals surface area contributed by atoms with Crippen molar-refractivity contribution in [2.45, 2.75) is 39.0 Å². The van der Waals surface area contributed by atoms with Crippen molar-refractivity contribution in [1.82, 2.24) is 0 Å². The first-order chi connectivity index (χ1) is 5.22. The van der Waals surface area contributed by atoms with Crippen LogP contribution in [0.2, 0.25) is 0 Å². The maximum atomic E-state index is 10.8. The molecule has 0 saturated heterocycles. The van der Waals surface area contributed by atoms with Crippen LogP contribution < -0.4 is 0 Å². The zero-order valence-electron chi connectivity index (χ0n) is 6.98. The van der Waals surface area contributed by atoms with E-state index >= 15 is 0 Å². The van der Waals surface area contributed by atoms with Crippen molar-refractivity contribution in [3.8, 4) is 0 Å². The smallest absolute Gasteiger partial charge is 0.224 e. The van der Waals surface area contributed by atoms with Gasteiger partial charge in [0.25, 0.3) is 0 Å². The predicted octanol–water partition coefficient (Wildman–Crippen LogP) is 2.97. The maximum absolute atomic E-state index is 10.8. The molecule has 1 nitrogen and oxygen atoms in total. The van der Waals surface area contributed by atoms with E-state index in [-0.39, 0.29) is 11.2 Å². The van der Waals surface area contributed by atoms with Gasteiger partial charge in [-0.1, -0.05) is 26.2 Å². The minimum absolute atomic E-state index is 0.0805. The fourth-order valence-corrected chi connectivity index (χ4v) is 2.00. The van der Waals surface area contributed by atoms with Gasteiger partial charge < -0.3 is 0 Å². The van der Waals surface area contributed by atoms with Crippen molar-refractivity contribution < 1.29 is 4.79 Å². The Labute approximate surface area is 73.1 Å². The lowest BCUT2D eigenvalue weighted by molar-refractivity contribution is -0.116. The van der Waals surface area contributed by atoms with Crippen LogP contribution >= 0.6 is 11.6 Å². The summed E-state index contributed by atoms with van der Waals surface area (Å²) in [7, 11) is 0. The molecule has 0 bridgehead atoms. The van der Waals surface area contributed by atoms with Crippen molar-refractivity contribution >= 4 is 16.8 Å². The third-order valence-electron chi connectivity index (χ3n) is 2.71. The highest BCUT2D eigenvalue weighted by Gasteiger charge is 2.23. The van der Waals surface area contributed by atoms with E-state index in [0.717, 1.165) is 0 Å². The Hall–Kier alpha value is -0.0400. The van der Waals surface area contributed by atoms with E-state index < -0.39 is 0 Å². The van der Waals surface area contributed by atoms with Crippen LogP contribution in [-0.4, -0.2) is 5.24 Å². The summed E-state index contributed by atoms with van der Waals surface area (Å²) < 4.78 is 0. The topological polar surface area (TPSA) is 17.1 Å². The molecular weight excluding hydrogens is 160 g/mol. The SMILES string of the molecule is CC(C(=O)Cl)C1CCCCC1. The van der Waals surface area contributed by atoms with Crippen molar-refractivity contribution in [1.29, 1.82) is 0 Å². The van der Waals surface area contributed by atoms with Crippen LogP contribution in [0, 0.1) is 11.8 Å². The molecule has 0 spiro atoms. The van der Waals surface area contributed by atoms with Gasteiger partial charge in [0.2, 0.25) is 5.24 Å². The van der Waals surface area contributed by atoms with Crippen LogP contribution in [0.1, 0.15) is 39.0 Å². The zero-order chi connectivity index (χ0) is 8.27. The van der Waals surface area contributed by atoms with Gasteiger partial charge in [0.15, 0.2) is 0 Å². The molecule has 1 aliphatic rings. The van der Waals surface area contributed by atoms with Crippen LogP contribution in [-0.2, 0) is 4.79 Å². The van der Waals surface area contributed by atoms with E-state index in [1.54, 1.807) is 0 Å². The average Bonchev–Trinajstić information content (AvgIpc) is 2.05. The Balaban J connectivity index is 2.38. The largest absolute Gasteiger partial charge is 0.281 e. The van der Waals surface area contributed by atoms with Gasteiger partial charge in [-0.05, 0) is 30.4 Å². The summed E-state index contributed by atoms with van der Waals surface area (Å²) in [6.45, 7) is 1.95. The summed E-state index contributed by atoms with van der Waals surface area (Å²) in [6, 6.07) is 0. The molecule has 0 aromatic heterocycles. The van der Waals surface area contributed by atoms with Gasteiger partial charge in [0, 0.05) is 5.92 Å². The highest BCUT2D eigenvalue weighted by Crippen LogP contribution is 2.30. The second-order valence-corrected chi connectivity index (χ2v) is 3.86. The van der Waals surface area contributed by atoms with Gasteiger partial charge in [-0.25, -0.2) is 0 Å². The number of rotatable bonds is 2. The second-order valence-electron chi connectivity index (χ2n) is 3.49. The van der Waals surface area contributed by atoms with Gasteiger partial charge in [-0.3, -0.25) is 4.79 Å². The molecule has 11 heavy (non-hydrogen) atoms. The highest BCUT2D eigenvalue weighted by molar-refractivity contribution is 6.63. The van der Waals surface area contributed by atoms with E-state index in [9.17, 15) is 4.79 Å². The van der Waals surface area contributed by atoms with Crippen LogP contribution in [0.25, 0.3) is 0 Å². The normalized spacial score (nSPS) is 23.1. The Morgan fingerprint density at radius 3 is 2.36 bits per heavy atom. The van der Waals surface area contributed by atoms with Crippen molar-refractivity contribution in [3.05, 3.63) is 0 Å². The van der Waals surface area contributed by atoms with E-state index in [4.69, 9.17) is 11.6 Å². The van der Waals surface area contributed by atoms with Gasteiger partial charge in [0.1, 0.15) is 0 Å². The molecule has 64 valence electrons. The Kier molecular flexibility index (Phi) is 3.38. The van der Waals surface area contributed by atoms with Gasteiger partial charge in [0.05, 0.1) is 0 Å². The molecule has 1 aliphatic carbocycles. The molecule has 1 saturated carbocycles. The minimum atomic E-state index is -0.156. The third-order valence-corrected chi connectivity index (χ3v) is 3.06. The first-order valence-electron chi connectivity index (χ1n) is 4.41. The second kappa shape index (κ2) is 4.10. The number of carbonyl (C=O) groups excluding carboxylic acids is 1. The standard InChI is InChI=1S/C9H15ClO/c1-7(9(10)11)8-5-3-2-4-6-8/h7-8H,2-6H2,1H3. The molecule has 1 unspecified atom stereocenters. The molecule has 0 radical (unpaired) electrons. The van der Waals surface area contributed by atoms with Crippen LogP contribution in [0.15, 0.2) is 0 Å². The van der Waals surface area contributed by atoms with Crippen molar-refractivity contribution in [2.75, 3.05) is 0 Å². The summed E-state index contributed by atoms with van der Waals surface area (Å²) in [5.41, 5.74) is 0. The Morgan fingerprint density at radius 2 is 1.91 bits per heavy atom. The molecule has 2 heteroatoms.